The molecule has 0 unspecified atom stereocenters. The predicted molar refractivity (Wildman–Crippen MR) is 101 cm³/mol. The van der Waals surface area contributed by atoms with Crippen molar-refractivity contribution in [1.29, 1.82) is 0 Å². The number of aromatic nitrogens is 2. The molecule has 0 bridgehead atoms. The SMILES string of the molecule is CC(C)CN1C(=O)N(C)C(=O)C12CCN(c1ncnc3sccc13)CC2. The monoisotopic (exact) mass is 373 g/mol. The number of fused-ring (bicyclic) bond motifs is 1. The predicted octanol–water partition coefficient (Wildman–Crippen LogP) is 2.58. The van der Waals surface area contributed by atoms with Crippen LogP contribution >= 0.6 is 11.3 Å². The van der Waals surface area contributed by atoms with Crippen LogP contribution in [0.15, 0.2) is 17.8 Å². The van der Waals surface area contributed by atoms with E-state index in [0.29, 0.717) is 38.4 Å². The van der Waals surface area contributed by atoms with E-state index >= 15 is 0 Å². The van der Waals surface area contributed by atoms with Crippen molar-refractivity contribution < 1.29 is 9.59 Å². The summed E-state index contributed by atoms with van der Waals surface area (Å²) in [6.07, 6.45) is 2.86. The molecule has 0 saturated carbocycles. The number of thiophene rings is 1. The van der Waals surface area contributed by atoms with E-state index in [1.807, 2.05) is 11.4 Å². The molecule has 2 aliphatic rings. The first-order valence-electron chi connectivity index (χ1n) is 8.97. The lowest BCUT2D eigenvalue weighted by atomic mass is 9.85. The summed E-state index contributed by atoms with van der Waals surface area (Å²) in [5.41, 5.74) is -0.701. The van der Waals surface area contributed by atoms with E-state index in [0.717, 1.165) is 16.0 Å². The molecular formula is C18H23N5O2S. The van der Waals surface area contributed by atoms with Crippen LogP contribution in [0, 0.1) is 5.92 Å². The Hall–Kier alpha value is -2.22. The van der Waals surface area contributed by atoms with E-state index in [4.69, 9.17) is 0 Å². The van der Waals surface area contributed by atoms with Crippen molar-refractivity contribution >= 4 is 39.3 Å². The third-order valence-electron chi connectivity index (χ3n) is 5.42. The number of carbonyl (C=O) groups excluding carboxylic acids is 2. The Bertz CT molecular complexity index is 856. The molecular weight excluding hydrogens is 350 g/mol. The highest BCUT2D eigenvalue weighted by Crippen LogP contribution is 2.39. The molecule has 2 aromatic rings. The second-order valence-corrected chi connectivity index (χ2v) is 8.40. The fraction of sp³-hybridized carbons (Fsp3) is 0.556. The molecule has 4 rings (SSSR count). The molecule has 1 spiro atoms. The largest absolute Gasteiger partial charge is 0.356 e. The summed E-state index contributed by atoms with van der Waals surface area (Å²) in [6.45, 7) is 6.16. The van der Waals surface area contributed by atoms with Gasteiger partial charge in [-0.25, -0.2) is 14.8 Å². The smallest absolute Gasteiger partial charge is 0.327 e. The summed E-state index contributed by atoms with van der Waals surface area (Å²) in [5.74, 6) is 1.18. The van der Waals surface area contributed by atoms with Gasteiger partial charge in [0.05, 0.1) is 5.39 Å². The third kappa shape index (κ3) is 2.46. The molecule has 0 aliphatic carbocycles. The Morgan fingerprint density at radius 2 is 1.96 bits per heavy atom. The lowest BCUT2D eigenvalue weighted by molar-refractivity contribution is -0.133. The van der Waals surface area contributed by atoms with Crippen LogP contribution in [0.4, 0.5) is 10.6 Å². The topological polar surface area (TPSA) is 69.6 Å². The molecule has 8 heteroatoms. The zero-order chi connectivity index (χ0) is 18.5. The van der Waals surface area contributed by atoms with Crippen molar-refractivity contribution in [2.45, 2.75) is 32.2 Å². The fourth-order valence-corrected chi connectivity index (χ4v) is 4.83. The van der Waals surface area contributed by atoms with E-state index in [9.17, 15) is 9.59 Å². The van der Waals surface area contributed by atoms with E-state index in [1.165, 1.54) is 4.90 Å². The highest BCUT2D eigenvalue weighted by atomic mass is 32.1. The zero-order valence-corrected chi connectivity index (χ0v) is 16.1. The zero-order valence-electron chi connectivity index (χ0n) is 15.3. The molecule has 0 atom stereocenters. The molecule has 2 aliphatic heterocycles. The number of anilines is 1. The Balaban J connectivity index is 1.61. The Kier molecular flexibility index (Phi) is 4.10. The van der Waals surface area contributed by atoms with Crippen molar-refractivity contribution in [1.82, 2.24) is 19.8 Å². The standard InChI is InChI=1S/C18H23N5O2S/c1-12(2)10-23-17(25)21(3)16(24)18(23)5-7-22(8-6-18)14-13-4-9-26-15(13)20-11-19-14/h4,9,11-12H,5-8,10H2,1-3H3. The van der Waals surface area contributed by atoms with Gasteiger partial charge in [-0.05, 0) is 30.2 Å². The lowest BCUT2D eigenvalue weighted by Crippen LogP contribution is -2.57. The molecule has 26 heavy (non-hydrogen) atoms. The van der Waals surface area contributed by atoms with Crippen LogP contribution in [-0.4, -0.2) is 63.9 Å². The lowest BCUT2D eigenvalue weighted by Gasteiger charge is -2.43. The Labute approximate surface area is 156 Å². The van der Waals surface area contributed by atoms with Crippen molar-refractivity contribution in [3.63, 3.8) is 0 Å². The number of carbonyl (C=O) groups is 2. The number of likely N-dealkylation sites (N-methyl/N-ethyl adjacent to an activating group) is 1. The molecule has 0 radical (unpaired) electrons. The van der Waals surface area contributed by atoms with E-state index in [-0.39, 0.29) is 11.9 Å². The Morgan fingerprint density at radius 1 is 1.23 bits per heavy atom. The number of nitrogens with zero attached hydrogens (tertiary/aromatic N) is 5. The number of imide groups is 1. The van der Waals surface area contributed by atoms with Crippen molar-refractivity contribution in [2.75, 3.05) is 31.6 Å². The number of urea groups is 1. The van der Waals surface area contributed by atoms with Gasteiger partial charge in [0, 0.05) is 26.7 Å². The molecule has 4 heterocycles. The van der Waals surface area contributed by atoms with Gasteiger partial charge >= 0.3 is 6.03 Å². The molecule has 0 N–H and O–H groups in total. The maximum absolute atomic E-state index is 12.9. The van der Waals surface area contributed by atoms with Gasteiger partial charge in [0.1, 0.15) is 22.5 Å². The van der Waals surface area contributed by atoms with Gasteiger partial charge in [-0.1, -0.05) is 13.8 Å². The molecule has 2 aromatic heterocycles. The maximum Gasteiger partial charge on any atom is 0.327 e. The summed E-state index contributed by atoms with van der Waals surface area (Å²) >= 11 is 1.60. The quantitative estimate of drug-likeness (QED) is 0.774. The molecule has 3 amide bonds. The molecule has 0 aromatic carbocycles. The normalized spacial score (nSPS) is 20.2. The highest BCUT2D eigenvalue weighted by Gasteiger charge is 2.56. The van der Waals surface area contributed by atoms with Gasteiger partial charge in [0.15, 0.2) is 0 Å². The van der Waals surface area contributed by atoms with Gasteiger partial charge < -0.3 is 9.80 Å². The average molecular weight is 373 g/mol. The third-order valence-corrected chi connectivity index (χ3v) is 6.24. The minimum Gasteiger partial charge on any atom is -0.356 e. The maximum atomic E-state index is 12.9. The Morgan fingerprint density at radius 3 is 2.65 bits per heavy atom. The minimum absolute atomic E-state index is 0.0637. The fourth-order valence-electron chi connectivity index (χ4n) is 4.10. The average Bonchev–Trinajstić information content (AvgIpc) is 3.18. The van der Waals surface area contributed by atoms with Crippen LogP contribution in [-0.2, 0) is 4.79 Å². The second kappa shape index (κ2) is 6.19. The first kappa shape index (κ1) is 17.2. The van der Waals surface area contributed by atoms with Crippen molar-refractivity contribution in [3.8, 4) is 0 Å². The van der Waals surface area contributed by atoms with Gasteiger partial charge in [-0.3, -0.25) is 9.69 Å². The summed E-state index contributed by atoms with van der Waals surface area (Å²) in [7, 11) is 1.60. The van der Waals surface area contributed by atoms with Gasteiger partial charge in [0.2, 0.25) is 0 Å². The minimum atomic E-state index is -0.701. The van der Waals surface area contributed by atoms with Gasteiger partial charge in [-0.15, -0.1) is 11.3 Å². The van der Waals surface area contributed by atoms with Gasteiger partial charge in [-0.2, -0.15) is 0 Å². The second-order valence-electron chi connectivity index (χ2n) is 7.51. The highest BCUT2D eigenvalue weighted by molar-refractivity contribution is 7.16. The summed E-state index contributed by atoms with van der Waals surface area (Å²) in [6, 6.07) is 1.88. The van der Waals surface area contributed by atoms with Crippen LogP contribution in [0.2, 0.25) is 0 Å². The van der Waals surface area contributed by atoms with Crippen LogP contribution < -0.4 is 4.90 Å². The molecule has 138 valence electrons. The first-order chi connectivity index (χ1) is 12.4. The van der Waals surface area contributed by atoms with Crippen LogP contribution in [0.5, 0.6) is 0 Å². The van der Waals surface area contributed by atoms with Gasteiger partial charge in [0.25, 0.3) is 5.91 Å². The van der Waals surface area contributed by atoms with Crippen molar-refractivity contribution in [3.05, 3.63) is 17.8 Å². The summed E-state index contributed by atoms with van der Waals surface area (Å²) in [5, 5.41) is 3.07. The number of hydrogen-bond donors (Lipinski definition) is 0. The van der Waals surface area contributed by atoms with E-state index in [2.05, 4.69) is 28.7 Å². The van der Waals surface area contributed by atoms with Crippen molar-refractivity contribution in [2.24, 2.45) is 5.92 Å². The van der Waals surface area contributed by atoms with E-state index < -0.39 is 5.54 Å². The number of rotatable bonds is 3. The van der Waals surface area contributed by atoms with Crippen LogP contribution in [0.3, 0.4) is 0 Å². The first-order valence-corrected chi connectivity index (χ1v) is 9.85. The molecule has 2 fully saturated rings. The number of amides is 3. The van der Waals surface area contributed by atoms with Crippen LogP contribution in [0.1, 0.15) is 26.7 Å². The molecule has 2 saturated heterocycles. The molecule has 7 nitrogen and oxygen atoms in total. The summed E-state index contributed by atoms with van der Waals surface area (Å²) < 4.78 is 0. The number of piperidine rings is 1. The van der Waals surface area contributed by atoms with Crippen LogP contribution in [0.25, 0.3) is 10.2 Å². The number of hydrogen-bond acceptors (Lipinski definition) is 6. The van der Waals surface area contributed by atoms with E-state index in [1.54, 1.807) is 29.6 Å². The summed E-state index contributed by atoms with van der Waals surface area (Å²) in [4.78, 5) is 40.6.